The highest BCUT2D eigenvalue weighted by Gasteiger charge is 2.32. The zero-order valence-corrected chi connectivity index (χ0v) is 14.4. The van der Waals surface area contributed by atoms with Gasteiger partial charge in [0.05, 0.1) is 23.6 Å². The van der Waals surface area contributed by atoms with Gasteiger partial charge in [-0.2, -0.15) is 5.10 Å². The normalized spacial score (nSPS) is 20.7. The van der Waals surface area contributed by atoms with Crippen LogP contribution in [0.5, 0.6) is 0 Å². The van der Waals surface area contributed by atoms with E-state index >= 15 is 0 Å². The van der Waals surface area contributed by atoms with Crippen LogP contribution in [0.1, 0.15) is 47.1 Å². The molecule has 2 aromatic heterocycles. The molecule has 8 nitrogen and oxygen atoms in total. The lowest BCUT2D eigenvalue weighted by Gasteiger charge is -2.16. The number of rotatable bonds is 3. The second kappa shape index (κ2) is 6.02. The van der Waals surface area contributed by atoms with E-state index < -0.39 is 0 Å². The average Bonchev–Trinajstić information content (AvgIpc) is 3.34. The predicted molar refractivity (Wildman–Crippen MR) is 89.3 cm³/mol. The molecule has 0 saturated carbocycles. The minimum absolute atomic E-state index is 0.0409. The van der Waals surface area contributed by atoms with Gasteiger partial charge in [0.1, 0.15) is 11.3 Å². The van der Waals surface area contributed by atoms with Crippen LogP contribution in [0.3, 0.4) is 0 Å². The molecule has 2 fully saturated rings. The molecule has 4 heterocycles. The Kier molecular flexibility index (Phi) is 3.82. The van der Waals surface area contributed by atoms with E-state index in [1.807, 2.05) is 15.8 Å². The first-order valence-electron chi connectivity index (χ1n) is 8.61. The van der Waals surface area contributed by atoms with Gasteiger partial charge in [0.15, 0.2) is 0 Å². The first-order valence-corrected chi connectivity index (χ1v) is 8.61. The van der Waals surface area contributed by atoms with Crippen LogP contribution in [-0.4, -0.2) is 51.3 Å². The maximum absolute atomic E-state index is 12.7. The van der Waals surface area contributed by atoms with Crippen molar-refractivity contribution in [2.45, 2.75) is 39.2 Å². The van der Waals surface area contributed by atoms with Crippen LogP contribution in [-0.2, 0) is 4.79 Å². The minimum Gasteiger partial charge on any atom is -0.361 e. The summed E-state index contributed by atoms with van der Waals surface area (Å²) < 4.78 is 6.98. The molecular formula is C17H21N5O3. The van der Waals surface area contributed by atoms with E-state index in [0.29, 0.717) is 36.5 Å². The van der Waals surface area contributed by atoms with E-state index in [4.69, 9.17) is 4.52 Å². The Bertz CT molecular complexity index is 805. The number of anilines is 1. The number of amides is 2. The summed E-state index contributed by atoms with van der Waals surface area (Å²) in [7, 11) is 0. The summed E-state index contributed by atoms with van der Waals surface area (Å²) in [5, 5.41) is 8.29. The van der Waals surface area contributed by atoms with Crippen LogP contribution in [0.2, 0.25) is 0 Å². The van der Waals surface area contributed by atoms with Crippen molar-refractivity contribution >= 4 is 17.5 Å². The van der Waals surface area contributed by atoms with Crippen molar-refractivity contribution in [3.05, 3.63) is 29.4 Å². The number of nitrogens with zero attached hydrogens (tertiary/aromatic N) is 5. The van der Waals surface area contributed by atoms with E-state index in [-0.39, 0.29) is 17.9 Å². The largest absolute Gasteiger partial charge is 0.361 e. The molecular weight excluding hydrogens is 322 g/mol. The van der Waals surface area contributed by atoms with E-state index in [1.165, 1.54) is 0 Å². The lowest BCUT2D eigenvalue weighted by Crippen LogP contribution is -2.30. The summed E-state index contributed by atoms with van der Waals surface area (Å²) in [4.78, 5) is 28.2. The van der Waals surface area contributed by atoms with Crippen molar-refractivity contribution in [3.63, 3.8) is 0 Å². The van der Waals surface area contributed by atoms with Crippen LogP contribution in [0.15, 0.2) is 16.9 Å². The summed E-state index contributed by atoms with van der Waals surface area (Å²) >= 11 is 0. The molecule has 0 radical (unpaired) electrons. The van der Waals surface area contributed by atoms with E-state index in [0.717, 1.165) is 25.1 Å². The van der Waals surface area contributed by atoms with Crippen molar-refractivity contribution in [1.82, 2.24) is 19.8 Å². The fraction of sp³-hybridized carbons (Fsp3) is 0.529. The lowest BCUT2D eigenvalue weighted by molar-refractivity contribution is -0.117. The SMILES string of the molecule is Cc1noc(C)c1C(=O)N1CCC(n2cc(N3CCCC3=O)cn2)C1. The quantitative estimate of drug-likeness (QED) is 0.847. The van der Waals surface area contributed by atoms with E-state index in [9.17, 15) is 9.59 Å². The van der Waals surface area contributed by atoms with Crippen LogP contribution >= 0.6 is 0 Å². The first kappa shape index (κ1) is 15.9. The van der Waals surface area contributed by atoms with Crippen LogP contribution < -0.4 is 4.90 Å². The number of carbonyl (C=O) groups is 2. The topological polar surface area (TPSA) is 84.5 Å². The summed E-state index contributed by atoms with van der Waals surface area (Å²) in [6, 6.07) is 0.121. The molecule has 2 aliphatic heterocycles. The summed E-state index contributed by atoms with van der Waals surface area (Å²) in [5.41, 5.74) is 2.03. The van der Waals surface area contributed by atoms with Crippen LogP contribution in [0.25, 0.3) is 0 Å². The van der Waals surface area contributed by atoms with E-state index in [1.54, 1.807) is 24.9 Å². The monoisotopic (exact) mass is 343 g/mol. The molecule has 2 aromatic rings. The lowest BCUT2D eigenvalue weighted by atomic mass is 10.2. The third-order valence-electron chi connectivity index (χ3n) is 5.04. The molecule has 0 spiro atoms. The van der Waals surface area contributed by atoms with Gasteiger partial charge in [-0.25, -0.2) is 0 Å². The molecule has 2 amide bonds. The molecule has 0 N–H and O–H groups in total. The Morgan fingerprint density at radius 1 is 1.32 bits per heavy atom. The van der Waals surface area contributed by atoms with Gasteiger partial charge < -0.3 is 14.3 Å². The Balaban J connectivity index is 1.47. The van der Waals surface area contributed by atoms with Gasteiger partial charge >= 0.3 is 0 Å². The number of hydrogen-bond donors (Lipinski definition) is 0. The molecule has 1 atom stereocenters. The van der Waals surface area contributed by atoms with Gasteiger partial charge in [0, 0.05) is 32.3 Å². The molecule has 25 heavy (non-hydrogen) atoms. The number of aryl methyl sites for hydroxylation is 2. The molecule has 0 bridgehead atoms. The van der Waals surface area contributed by atoms with Gasteiger partial charge in [-0.1, -0.05) is 5.16 Å². The number of carbonyl (C=O) groups excluding carboxylic acids is 2. The Hall–Kier alpha value is -2.64. The summed E-state index contributed by atoms with van der Waals surface area (Å²) in [6.45, 7) is 5.56. The van der Waals surface area contributed by atoms with Crippen LogP contribution in [0, 0.1) is 13.8 Å². The minimum atomic E-state index is -0.0409. The number of aromatic nitrogens is 3. The van der Waals surface area contributed by atoms with Crippen molar-refractivity contribution in [2.24, 2.45) is 0 Å². The van der Waals surface area contributed by atoms with Crippen LogP contribution in [0.4, 0.5) is 5.69 Å². The maximum Gasteiger partial charge on any atom is 0.259 e. The molecule has 132 valence electrons. The highest BCUT2D eigenvalue weighted by molar-refractivity contribution is 5.96. The zero-order chi connectivity index (χ0) is 17.6. The van der Waals surface area contributed by atoms with Gasteiger partial charge in [-0.3, -0.25) is 14.3 Å². The van der Waals surface area contributed by atoms with Crippen molar-refractivity contribution in [2.75, 3.05) is 24.5 Å². The van der Waals surface area contributed by atoms with E-state index in [2.05, 4.69) is 10.3 Å². The van der Waals surface area contributed by atoms with Gasteiger partial charge in [-0.05, 0) is 26.7 Å². The second-order valence-corrected chi connectivity index (χ2v) is 6.72. The molecule has 2 saturated heterocycles. The molecule has 0 aliphatic carbocycles. The standard InChI is InChI=1S/C17H21N5O3/c1-11-16(12(2)25-19-11)17(24)20-7-5-13(9-20)22-10-14(8-18-22)21-6-3-4-15(21)23/h8,10,13H,3-7,9H2,1-2H3. The van der Waals surface area contributed by atoms with Crippen molar-refractivity contribution in [3.8, 4) is 0 Å². The number of hydrogen-bond acceptors (Lipinski definition) is 5. The fourth-order valence-corrected chi connectivity index (χ4v) is 3.68. The second-order valence-electron chi connectivity index (χ2n) is 6.72. The van der Waals surface area contributed by atoms with Gasteiger partial charge in [0.2, 0.25) is 5.91 Å². The fourth-order valence-electron chi connectivity index (χ4n) is 3.68. The Morgan fingerprint density at radius 3 is 2.84 bits per heavy atom. The molecule has 1 unspecified atom stereocenters. The maximum atomic E-state index is 12.7. The predicted octanol–water partition coefficient (Wildman–Crippen LogP) is 1.70. The smallest absolute Gasteiger partial charge is 0.259 e. The van der Waals surface area contributed by atoms with Crippen molar-refractivity contribution < 1.29 is 14.1 Å². The van der Waals surface area contributed by atoms with Crippen molar-refractivity contribution in [1.29, 1.82) is 0 Å². The van der Waals surface area contributed by atoms with Gasteiger partial charge in [0.25, 0.3) is 5.91 Å². The third-order valence-corrected chi connectivity index (χ3v) is 5.04. The Labute approximate surface area is 145 Å². The molecule has 0 aromatic carbocycles. The summed E-state index contributed by atoms with van der Waals surface area (Å²) in [6.07, 6.45) is 5.99. The first-order chi connectivity index (χ1) is 12.0. The Morgan fingerprint density at radius 2 is 2.16 bits per heavy atom. The highest BCUT2D eigenvalue weighted by atomic mass is 16.5. The third kappa shape index (κ3) is 2.71. The number of likely N-dealkylation sites (tertiary alicyclic amines) is 1. The molecule has 2 aliphatic rings. The zero-order valence-electron chi connectivity index (χ0n) is 14.4. The molecule has 4 rings (SSSR count). The average molecular weight is 343 g/mol. The van der Waals surface area contributed by atoms with Gasteiger partial charge in [-0.15, -0.1) is 0 Å². The molecule has 8 heteroatoms. The highest BCUT2D eigenvalue weighted by Crippen LogP contribution is 2.27. The summed E-state index contributed by atoms with van der Waals surface area (Å²) in [5.74, 6) is 0.668.